The maximum Gasteiger partial charge on any atom is 0.266 e. The van der Waals surface area contributed by atoms with Crippen molar-refractivity contribution < 1.29 is 23.5 Å². The largest absolute Gasteiger partial charge is 0.490 e. The van der Waals surface area contributed by atoms with Gasteiger partial charge in [-0.05, 0) is 31.2 Å². The second-order valence-electron chi connectivity index (χ2n) is 6.41. The fraction of sp³-hybridized carbons (Fsp3) is 0.389. The van der Waals surface area contributed by atoms with Gasteiger partial charge in [0, 0.05) is 6.54 Å². The quantitative estimate of drug-likeness (QED) is 0.807. The van der Waals surface area contributed by atoms with Crippen LogP contribution in [0.5, 0.6) is 5.75 Å². The van der Waals surface area contributed by atoms with Crippen molar-refractivity contribution in [3.05, 3.63) is 46.2 Å². The highest BCUT2D eigenvalue weighted by Gasteiger charge is 2.41. The van der Waals surface area contributed by atoms with E-state index in [0.29, 0.717) is 22.9 Å². The summed E-state index contributed by atoms with van der Waals surface area (Å²) in [5, 5.41) is 0. The summed E-state index contributed by atoms with van der Waals surface area (Å²) in [6.07, 6.45) is -0.0976. The van der Waals surface area contributed by atoms with E-state index in [-0.39, 0.29) is 37.9 Å². The van der Waals surface area contributed by atoms with Gasteiger partial charge in [0.15, 0.2) is 0 Å². The number of amides is 2. The average Bonchev–Trinajstić information content (AvgIpc) is 3.06. The smallest absolute Gasteiger partial charge is 0.266 e. The van der Waals surface area contributed by atoms with E-state index in [9.17, 15) is 14.0 Å². The molecule has 1 aliphatic rings. The molecule has 2 amide bonds. The first-order chi connectivity index (χ1) is 12.9. The van der Waals surface area contributed by atoms with Crippen LogP contribution in [0.3, 0.4) is 0 Å². The van der Waals surface area contributed by atoms with E-state index in [1.807, 2.05) is 0 Å². The number of nitrogens with two attached hydrogens (primary N) is 1. The molecule has 1 unspecified atom stereocenters. The number of hydrogen-bond acceptors (Lipinski definition) is 6. The Bertz CT molecular complexity index is 826. The molecule has 0 spiro atoms. The maximum atomic E-state index is 13.0. The molecular formula is C18H20FN3O4S. The van der Waals surface area contributed by atoms with Gasteiger partial charge < -0.3 is 20.1 Å². The van der Waals surface area contributed by atoms with Crippen molar-refractivity contribution in [3.8, 4) is 5.75 Å². The SMILES string of the molecule is Cc1ncsc1C(=O)N1CCOC(COc2ccc(F)cc2)(CC(N)=O)C1. The third-order valence-electron chi connectivity index (χ3n) is 4.29. The van der Waals surface area contributed by atoms with Crippen molar-refractivity contribution in [2.75, 3.05) is 26.3 Å². The zero-order valence-corrected chi connectivity index (χ0v) is 15.6. The molecule has 0 bridgehead atoms. The van der Waals surface area contributed by atoms with Gasteiger partial charge in [0.1, 0.15) is 28.7 Å². The van der Waals surface area contributed by atoms with Crippen LogP contribution >= 0.6 is 11.3 Å². The van der Waals surface area contributed by atoms with Gasteiger partial charge >= 0.3 is 0 Å². The van der Waals surface area contributed by atoms with E-state index >= 15 is 0 Å². The molecular weight excluding hydrogens is 373 g/mol. The van der Waals surface area contributed by atoms with Crippen LogP contribution in [0.2, 0.25) is 0 Å². The summed E-state index contributed by atoms with van der Waals surface area (Å²) in [6.45, 7) is 2.59. The van der Waals surface area contributed by atoms with E-state index in [2.05, 4.69) is 4.98 Å². The summed E-state index contributed by atoms with van der Waals surface area (Å²) in [5.74, 6) is -0.652. The Hall–Kier alpha value is -2.52. The lowest BCUT2D eigenvalue weighted by Gasteiger charge is -2.41. The van der Waals surface area contributed by atoms with Crippen LogP contribution in [0.25, 0.3) is 0 Å². The van der Waals surface area contributed by atoms with Crippen LogP contribution in [0.4, 0.5) is 4.39 Å². The standard InChI is InChI=1S/C18H20FN3O4S/c1-12-16(27-11-21-12)17(24)22-6-7-26-18(9-22,8-15(20)23)10-25-14-4-2-13(19)3-5-14/h2-5,11H,6-10H2,1H3,(H2,20,23). The molecule has 0 saturated carbocycles. The lowest BCUT2D eigenvalue weighted by Crippen LogP contribution is -2.58. The molecule has 2 heterocycles. The highest BCUT2D eigenvalue weighted by Crippen LogP contribution is 2.26. The maximum absolute atomic E-state index is 13.0. The van der Waals surface area contributed by atoms with Crippen molar-refractivity contribution in [2.45, 2.75) is 18.9 Å². The van der Waals surface area contributed by atoms with Crippen LogP contribution in [-0.2, 0) is 9.53 Å². The van der Waals surface area contributed by atoms with E-state index in [1.54, 1.807) is 17.3 Å². The Labute approximate surface area is 159 Å². The molecule has 3 rings (SSSR count). The number of carbonyl (C=O) groups is 2. The van der Waals surface area contributed by atoms with Gasteiger partial charge in [-0.25, -0.2) is 9.37 Å². The molecule has 1 aliphatic heterocycles. The third-order valence-corrected chi connectivity index (χ3v) is 5.20. The van der Waals surface area contributed by atoms with Crippen molar-refractivity contribution in [1.82, 2.24) is 9.88 Å². The minimum absolute atomic E-state index is 0.00697. The summed E-state index contributed by atoms with van der Waals surface area (Å²) in [5.41, 5.74) is 6.63. The topological polar surface area (TPSA) is 94.8 Å². The molecule has 1 atom stereocenters. The van der Waals surface area contributed by atoms with Crippen LogP contribution in [-0.4, -0.2) is 53.6 Å². The first-order valence-electron chi connectivity index (χ1n) is 8.38. The highest BCUT2D eigenvalue weighted by molar-refractivity contribution is 7.11. The normalized spacial score (nSPS) is 19.7. The minimum atomic E-state index is -1.06. The Morgan fingerprint density at radius 3 is 2.78 bits per heavy atom. The number of rotatable bonds is 6. The van der Waals surface area contributed by atoms with Crippen molar-refractivity contribution in [1.29, 1.82) is 0 Å². The number of hydrogen-bond donors (Lipinski definition) is 1. The van der Waals surface area contributed by atoms with E-state index < -0.39 is 11.5 Å². The number of carbonyl (C=O) groups excluding carboxylic acids is 2. The van der Waals surface area contributed by atoms with Gasteiger partial charge in [0.25, 0.3) is 5.91 Å². The van der Waals surface area contributed by atoms with Crippen LogP contribution in [0, 0.1) is 12.7 Å². The number of halogens is 1. The summed E-state index contributed by atoms with van der Waals surface area (Å²) < 4.78 is 24.6. The molecule has 1 fully saturated rings. The number of thiazole rings is 1. The Morgan fingerprint density at radius 1 is 1.41 bits per heavy atom. The van der Waals surface area contributed by atoms with Crippen molar-refractivity contribution >= 4 is 23.2 Å². The van der Waals surface area contributed by atoms with Crippen LogP contribution in [0.15, 0.2) is 29.8 Å². The number of aromatic nitrogens is 1. The fourth-order valence-corrected chi connectivity index (χ4v) is 3.75. The van der Waals surface area contributed by atoms with Crippen molar-refractivity contribution in [3.63, 3.8) is 0 Å². The summed E-state index contributed by atoms with van der Waals surface area (Å²) in [7, 11) is 0. The second-order valence-corrected chi connectivity index (χ2v) is 7.27. The van der Waals surface area contributed by atoms with Gasteiger partial charge in [-0.15, -0.1) is 11.3 Å². The monoisotopic (exact) mass is 393 g/mol. The lowest BCUT2D eigenvalue weighted by molar-refractivity contribution is -0.142. The third kappa shape index (κ3) is 4.61. The number of primary amides is 1. The number of ether oxygens (including phenoxy) is 2. The van der Waals surface area contributed by atoms with Crippen LogP contribution in [0.1, 0.15) is 21.8 Å². The van der Waals surface area contributed by atoms with Gasteiger partial charge in [-0.1, -0.05) is 0 Å². The van der Waals surface area contributed by atoms with Gasteiger partial charge in [0.05, 0.1) is 30.8 Å². The van der Waals surface area contributed by atoms with Gasteiger partial charge in [-0.2, -0.15) is 0 Å². The van der Waals surface area contributed by atoms with E-state index in [4.69, 9.17) is 15.2 Å². The van der Waals surface area contributed by atoms with E-state index in [0.717, 1.165) is 0 Å². The summed E-state index contributed by atoms with van der Waals surface area (Å²) in [6, 6.07) is 5.53. The average molecular weight is 393 g/mol. The Morgan fingerprint density at radius 2 is 2.15 bits per heavy atom. The molecule has 2 aromatic rings. The van der Waals surface area contributed by atoms with E-state index in [1.165, 1.54) is 35.6 Å². The molecule has 1 aromatic carbocycles. The van der Waals surface area contributed by atoms with Gasteiger partial charge in [0.2, 0.25) is 5.91 Å². The molecule has 27 heavy (non-hydrogen) atoms. The molecule has 0 aliphatic carbocycles. The zero-order valence-electron chi connectivity index (χ0n) is 14.8. The Balaban J connectivity index is 1.76. The zero-order chi connectivity index (χ0) is 19.4. The minimum Gasteiger partial charge on any atom is -0.490 e. The molecule has 2 N–H and O–H groups in total. The number of morpholine rings is 1. The first kappa shape index (κ1) is 19.2. The first-order valence-corrected chi connectivity index (χ1v) is 9.26. The highest BCUT2D eigenvalue weighted by atomic mass is 32.1. The Kier molecular flexibility index (Phi) is 5.71. The molecule has 0 radical (unpaired) electrons. The predicted molar refractivity (Wildman–Crippen MR) is 97.1 cm³/mol. The molecule has 1 aromatic heterocycles. The molecule has 9 heteroatoms. The number of nitrogens with zero attached hydrogens (tertiary/aromatic N) is 2. The lowest BCUT2D eigenvalue weighted by atomic mass is 9.97. The summed E-state index contributed by atoms with van der Waals surface area (Å²) in [4.78, 5) is 30.7. The molecule has 7 nitrogen and oxygen atoms in total. The second kappa shape index (κ2) is 8.01. The number of benzene rings is 1. The fourth-order valence-electron chi connectivity index (χ4n) is 2.98. The summed E-state index contributed by atoms with van der Waals surface area (Å²) >= 11 is 1.28. The molecule has 1 saturated heterocycles. The van der Waals surface area contributed by atoms with Crippen LogP contribution < -0.4 is 10.5 Å². The molecule has 144 valence electrons. The van der Waals surface area contributed by atoms with Gasteiger partial charge in [-0.3, -0.25) is 9.59 Å². The van der Waals surface area contributed by atoms with Crippen molar-refractivity contribution in [2.24, 2.45) is 5.73 Å². The predicted octanol–water partition coefficient (Wildman–Crippen LogP) is 1.76. The number of aryl methyl sites for hydroxylation is 1.